The maximum Gasteiger partial charge on any atom is 0.307 e. The molecule has 0 amide bonds. The molecule has 5 heteroatoms. The molecule has 1 saturated carbocycles. The molecule has 0 saturated heterocycles. The molecular formula is C9H15NO4. The molecule has 1 rings (SSSR count). The monoisotopic (exact) mass is 201 g/mol. The SMILES string of the molecule is C[N+](C)(C)C[C@H]1[C@@H](C(=O)[O-])[C@@H]1C(=O)O. The first-order valence-corrected chi connectivity index (χ1v) is 4.48. The minimum atomic E-state index is -1.24. The highest BCUT2D eigenvalue weighted by atomic mass is 16.4. The van der Waals surface area contributed by atoms with E-state index in [9.17, 15) is 14.7 Å². The molecule has 5 nitrogen and oxygen atoms in total. The van der Waals surface area contributed by atoms with Gasteiger partial charge in [-0.05, 0) is 0 Å². The third-order valence-corrected chi connectivity index (χ3v) is 2.48. The smallest absolute Gasteiger partial charge is 0.307 e. The number of quaternary nitrogens is 1. The van der Waals surface area contributed by atoms with Gasteiger partial charge in [0.05, 0.1) is 33.6 Å². The van der Waals surface area contributed by atoms with E-state index in [1.165, 1.54) is 0 Å². The number of carboxylic acid groups (broad SMARTS) is 2. The number of carboxylic acids is 2. The number of rotatable bonds is 4. The van der Waals surface area contributed by atoms with Crippen LogP contribution in [0.2, 0.25) is 0 Å². The zero-order valence-corrected chi connectivity index (χ0v) is 8.56. The molecule has 0 aliphatic heterocycles. The molecule has 0 bridgehead atoms. The van der Waals surface area contributed by atoms with Crippen LogP contribution in [0.25, 0.3) is 0 Å². The molecule has 0 aromatic rings. The molecule has 0 unspecified atom stereocenters. The quantitative estimate of drug-likeness (QED) is 0.555. The summed E-state index contributed by atoms with van der Waals surface area (Å²) in [5.41, 5.74) is 0. The predicted octanol–water partition coefficient (Wildman–Crippen LogP) is -1.61. The Morgan fingerprint density at radius 1 is 1.29 bits per heavy atom. The van der Waals surface area contributed by atoms with E-state index in [1.807, 2.05) is 21.1 Å². The lowest BCUT2D eigenvalue weighted by Crippen LogP contribution is -2.37. The fourth-order valence-corrected chi connectivity index (χ4v) is 1.89. The van der Waals surface area contributed by atoms with Gasteiger partial charge in [0.15, 0.2) is 0 Å². The van der Waals surface area contributed by atoms with Gasteiger partial charge in [0.25, 0.3) is 0 Å². The van der Waals surface area contributed by atoms with Gasteiger partial charge in [-0.15, -0.1) is 0 Å². The summed E-state index contributed by atoms with van der Waals surface area (Å²) in [6.45, 7) is 0.551. The highest BCUT2D eigenvalue weighted by Crippen LogP contribution is 2.46. The standard InChI is InChI=1S/C9H15NO4/c1-10(2,3)4-5-6(8(11)12)7(5)9(13)14/h5-7H,4H2,1-3H3,(H-,11,12,13,14)/t6-,7-/m1/s1. The molecule has 1 N–H and O–H groups in total. The van der Waals surface area contributed by atoms with Crippen LogP contribution in [-0.2, 0) is 9.59 Å². The van der Waals surface area contributed by atoms with Crippen LogP contribution in [0.1, 0.15) is 0 Å². The van der Waals surface area contributed by atoms with Gasteiger partial charge in [0.2, 0.25) is 0 Å². The lowest BCUT2D eigenvalue weighted by atomic mass is 10.3. The van der Waals surface area contributed by atoms with Crippen LogP contribution in [0.4, 0.5) is 0 Å². The average molecular weight is 201 g/mol. The average Bonchev–Trinajstić information content (AvgIpc) is 2.57. The molecule has 1 aliphatic rings. The first-order chi connectivity index (χ1) is 6.24. The Morgan fingerprint density at radius 2 is 1.79 bits per heavy atom. The van der Waals surface area contributed by atoms with E-state index in [0.29, 0.717) is 11.0 Å². The number of hydrogen-bond donors (Lipinski definition) is 1. The first-order valence-electron chi connectivity index (χ1n) is 4.48. The largest absolute Gasteiger partial charge is 0.550 e. The van der Waals surface area contributed by atoms with Crippen LogP contribution in [-0.4, -0.2) is 49.2 Å². The molecule has 1 aliphatic carbocycles. The Bertz CT molecular complexity index is 248. The Hall–Kier alpha value is -1.10. The van der Waals surface area contributed by atoms with Crippen molar-refractivity contribution in [3.63, 3.8) is 0 Å². The number of hydrogen-bond acceptors (Lipinski definition) is 3. The van der Waals surface area contributed by atoms with E-state index in [4.69, 9.17) is 5.11 Å². The first kappa shape index (κ1) is 11.0. The van der Waals surface area contributed by atoms with Crippen LogP contribution in [0.3, 0.4) is 0 Å². The number of carbonyl (C=O) groups excluding carboxylic acids is 1. The summed E-state index contributed by atoms with van der Waals surface area (Å²) >= 11 is 0. The zero-order chi connectivity index (χ0) is 11.1. The van der Waals surface area contributed by atoms with Crippen molar-refractivity contribution in [1.82, 2.24) is 0 Å². The summed E-state index contributed by atoms with van der Waals surface area (Å²) in [5.74, 6) is -4.10. The molecule has 1 fully saturated rings. The van der Waals surface area contributed by atoms with Gasteiger partial charge >= 0.3 is 5.97 Å². The Labute approximate surface area is 82.5 Å². The molecule has 0 heterocycles. The minimum Gasteiger partial charge on any atom is -0.550 e. The van der Waals surface area contributed by atoms with Gasteiger partial charge in [-0.3, -0.25) is 4.79 Å². The van der Waals surface area contributed by atoms with Gasteiger partial charge in [0.1, 0.15) is 0 Å². The normalized spacial score (nSPS) is 31.2. The molecule has 0 radical (unpaired) electrons. The summed E-state index contributed by atoms with van der Waals surface area (Å²) in [7, 11) is 5.72. The third kappa shape index (κ3) is 2.23. The zero-order valence-electron chi connectivity index (χ0n) is 8.56. The van der Waals surface area contributed by atoms with Crippen LogP contribution < -0.4 is 5.11 Å². The van der Waals surface area contributed by atoms with Crippen molar-refractivity contribution < 1.29 is 24.3 Å². The second kappa shape index (κ2) is 3.24. The van der Waals surface area contributed by atoms with Gasteiger partial charge in [0, 0.05) is 17.8 Å². The van der Waals surface area contributed by atoms with Gasteiger partial charge in [-0.2, -0.15) is 0 Å². The molecular weight excluding hydrogens is 186 g/mol. The van der Waals surface area contributed by atoms with Crippen LogP contribution in [0.15, 0.2) is 0 Å². The van der Waals surface area contributed by atoms with Crippen molar-refractivity contribution in [2.45, 2.75) is 0 Å². The lowest BCUT2D eigenvalue weighted by Gasteiger charge is -2.24. The highest BCUT2D eigenvalue weighted by molar-refractivity contribution is 5.85. The molecule has 3 atom stereocenters. The Morgan fingerprint density at radius 3 is 2.00 bits per heavy atom. The van der Waals surface area contributed by atoms with E-state index in [1.54, 1.807) is 0 Å². The fourth-order valence-electron chi connectivity index (χ4n) is 1.89. The lowest BCUT2D eigenvalue weighted by molar-refractivity contribution is -0.872. The second-order valence-electron chi connectivity index (χ2n) is 4.85. The van der Waals surface area contributed by atoms with E-state index >= 15 is 0 Å². The van der Waals surface area contributed by atoms with Crippen LogP contribution in [0, 0.1) is 17.8 Å². The summed E-state index contributed by atoms with van der Waals surface area (Å²) in [4.78, 5) is 21.3. The fraction of sp³-hybridized carbons (Fsp3) is 0.778. The highest BCUT2D eigenvalue weighted by Gasteiger charge is 2.58. The molecule has 0 spiro atoms. The number of carbonyl (C=O) groups is 2. The third-order valence-electron chi connectivity index (χ3n) is 2.48. The maximum atomic E-state index is 10.7. The molecule has 0 aromatic carbocycles. The van der Waals surface area contributed by atoms with Crippen molar-refractivity contribution in [3.05, 3.63) is 0 Å². The predicted molar refractivity (Wildman–Crippen MR) is 46.0 cm³/mol. The maximum absolute atomic E-state index is 10.7. The van der Waals surface area contributed by atoms with Crippen molar-refractivity contribution in [1.29, 1.82) is 0 Å². The van der Waals surface area contributed by atoms with Gasteiger partial charge < -0.3 is 19.5 Å². The molecule has 14 heavy (non-hydrogen) atoms. The van der Waals surface area contributed by atoms with E-state index in [2.05, 4.69) is 0 Å². The van der Waals surface area contributed by atoms with Crippen LogP contribution in [0.5, 0.6) is 0 Å². The van der Waals surface area contributed by atoms with Crippen molar-refractivity contribution >= 4 is 11.9 Å². The van der Waals surface area contributed by atoms with Crippen molar-refractivity contribution in [2.75, 3.05) is 27.7 Å². The van der Waals surface area contributed by atoms with E-state index < -0.39 is 23.8 Å². The number of aliphatic carboxylic acids is 2. The molecule has 0 aromatic heterocycles. The minimum absolute atomic E-state index is 0.280. The van der Waals surface area contributed by atoms with E-state index in [0.717, 1.165) is 0 Å². The topological polar surface area (TPSA) is 77.4 Å². The summed E-state index contributed by atoms with van der Waals surface area (Å²) in [5, 5.41) is 19.3. The van der Waals surface area contributed by atoms with Gasteiger partial charge in [-0.25, -0.2) is 0 Å². The number of nitrogens with zero attached hydrogens (tertiary/aromatic N) is 1. The second-order valence-corrected chi connectivity index (χ2v) is 4.85. The Balaban J connectivity index is 2.64. The van der Waals surface area contributed by atoms with Crippen LogP contribution >= 0.6 is 0 Å². The Kier molecular flexibility index (Phi) is 2.54. The van der Waals surface area contributed by atoms with Crippen molar-refractivity contribution in [3.8, 4) is 0 Å². The van der Waals surface area contributed by atoms with Gasteiger partial charge in [-0.1, -0.05) is 0 Å². The summed E-state index contributed by atoms with van der Waals surface area (Å²) in [6, 6.07) is 0. The van der Waals surface area contributed by atoms with E-state index in [-0.39, 0.29) is 5.92 Å². The summed E-state index contributed by atoms with van der Waals surface area (Å²) in [6.07, 6.45) is 0. The summed E-state index contributed by atoms with van der Waals surface area (Å²) < 4.78 is 0.568. The van der Waals surface area contributed by atoms with Crippen molar-refractivity contribution in [2.24, 2.45) is 17.8 Å². The molecule has 80 valence electrons.